The van der Waals surface area contributed by atoms with E-state index in [1.165, 1.54) is 0 Å². The molecule has 8 heteroatoms. The number of benzene rings is 1. The fourth-order valence-electron chi connectivity index (χ4n) is 3.37. The second-order valence-electron chi connectivity index (χ2n) is 7.72. The normalized spacial score (nSPS) is 17.2. The Morgan fingerprint density at radius 3 is 2.62 bits per heavy atom. The van der Waals surface area contributed by atoms with E-state index >= 15 is 0 Å². The molecule has 1 fully saturated rings. The molecule has 0 spiro atoms. The molecule has 1 unspecified atom stereocenters. The second-order valence-corrected chi connectivity index (χ2v) is 9.48. The van der Waals surface area contributed by atoms with Gasteiger partial charge < -0.3 is 10.2 Å². The van der Waals surface area contributed by atoms with Crippen molar-refractivity contribution in [1.29, 1.82) is 0 Å². The molecule has 1 aromatic carbocycles. The molecule has 2 rings (SSSR count). The van der Waals surface area contributed by atoms with Crippen molar-refractivity contribution in [2.45, 2.75) is 57.8 Å². The van der Waals surface area contributed by atoms with Crippen LogP contribution in [0.2, 0.25) is 0 Å². The Morgan fingerprint density at radius 1 is 1.17 bits per heavy atom. The molecule has 2 N–H and O–H groups in total. The van der Waals surface area contributed by atoms with Crippen molar-refractivity contribution < 1.29 is 18.0 Å². The van der Waals surface area contributed by atoms with Crippen LogP contribution in [0, 0.1) is 19.8 Å². The summed E-state index contributed by atoms with van der Waals surface area (Å²) in [6.45, 7) is 7.58. The summed E-state index contributed by atoms with van der Waals surface area (Å²) in [5, 5.41) is 2.93. The summed E-state index contributed by atoms with van der Waals surface area (Å²) < 4.78 is 27.4. The van der Waals surface area contributed by atoms with E-state index in [1.54, 1.807) is 23.1 Å². The highest BCUT2D eigenvalue weighted by atomic mass is 32.2. The maximum atomic E-state index is 12.5. The Hall–Kier alpha value is -1.93. The zero-order valence-corrected chi connectivity index (χ0v) is 18.5. The number of carbonyl (C=O) groups is 2. The number of nitrogens with zero attached hydrogens (tertiary/aromatic N) is 1. The molecule has 1 aliphatic rings. The largest absolute Gasteiger partial charge is 0.356 e. The number of hydrogen-bond acceptors (Lipinski definition) is 4. The Kier molecular flexibility index (Phi) is 8.64. The van der Waals surface area contributed by atoms with Crippen molar-refractivity contribution in [3.8, 4) is 0 Å². The minimum Gasteiger partial charge on any atom is -0.356 e. The van der Waals surface area contributed by atoms with Gasteiger partial charge in [-0.3, -0.25) is 9.59 Å². The predicted molar refractivity (Wildman–Crippen MR) is 113 cm³/mol. The van der Waals surface area contributed by atoms with Gasteiger partial charge in [0.1, 0.15) is 0 Å². The van der Waals surface area contributed by atoms with Crippen LogP contribution < -0.4 is 10.0 Å². The topological polar surface area (TPSA) is 95.6 Å². The van der Waals surface area contributed by atoms with Crippen molar-refractivity contribution in [2.24, 2.45) is 5.92 Å². The quantitative estimate of drug-likeness (QED) is 0.595. The first-order valence-corrected chi connectivity index (χ1v) is 11.9. The number of unbranched alkanes of at least 4 members (excludes halogenated alkanes) is 1. The van der Waals surface area contributed by atoms with Crippen molar-refractivity contribution in [3.63, 3.8) is 0 Å². The lowest BCUT2D eigenvalue weighted by Gasteiger charge is -2.32. The fraction of sp³-hybridized carbons (Fsp3) is 0.619. The smallest absolute Gasteiger partial charge is 0.240 e. The maximum Gasteiger partial charge on any atom is 0.240 e. The van der Waals surface area contributed by atoms with Gasteiger partial charge in [-0.05, 0) is 56.4 Å². The summed E-state index contributed by atoms with van der Waals surface area (Å²) in [7, 11) is -3.65. The van der Waals surface area contributed by atoms with Crippen molar-refractivity contribution >= 4 is 21.8 Å². The Labute approximate surface area is 174 Å². The first kappa shape index (κ1) is 23.3. The fourth-order valence-corrected chi connectivity index (χ4v) is 4.48. The van der Waals surface area contributed by atoms with E-state index in [0.29, 0.717) is 19.6 Å². The number of rotatable bonds is 9. The Morgan fingerprint density at radius 2 is 1.93 bits per heavy atom. The molecule has 0 aromatic heterocycles. The number of piperidine rings is 1. The molecule has 1 aromatic rings. The second kappa shape index (κ2) is 10.7. The molecule has 1 aliphatic heterocycles. The molecule has 1 heterocycles. The molecule has 29 heavy (non-hydrogen) atoms. The molecule has 1 atom stereocenters. The molecule has 0 radical (unpaired) electrons. The summed E-state index contributed by atoms with van der Waals surface area (Å²) in [4.78, 5) is 26.6. The van der Waals surface area contributed by atoms with E-state index in [1.807, 2.05) is 13.8 Å². The SMILES string of the molecule is CCCCNC(=O)C1CCCN(C(=O)CCNS(=O)(=O)c2ccc(C)c(C)c2)C1. The van der Waals surface area contributed by atoms with E-state index < -0.39 is 10.0 Å². The Balaban J connectivity index is 1.83. The number of sulfonamides is 1. The number of likely N-dealkylation sites (tertiary alicyclic amines) is 1. The highest BCUT2D eigenvalue weighted by Crippen LogP contribution is 2.18. The van der Waals surface area contributed by atoms with Crippen molar-refractivity contribution in [3.05, 3.63) is 29.3 Å². The average Bonchev–Trinajstić information content (AvgIpc) is 2.70. The standard InChI is InChI=1S/C21H33N3O4S/c1-4-5-11-22-21(26)18-7-6-13-24(15-18)20(25)10-12-23-29(27,28)19-9-8-16(2)17(3)14-19/h8-9,14,18,23H,4-7,10-13,15H2,1-3H3,(H,22,26). The van der Waals surface area contributed by atoms with Gasteiger partial charge in [0.05, 0.1) is 10.8 Å². The minimum atomic E-state index is -3.65. The lowest BCUT2D eigenvalue weighted by Crippen LogP contribution is -2.46. The number of amides is 2. The summed E-state index contributed by atoms with van der Waals surface area (Å²) in [6, 6.07) is 4.97. The molecule has 162 valence electrons. The van der Waals surface area contributed by atoms with E-state index in [9.17, 15) is 18.0 Å². The highest BCUT2D eigenvalue weighted by Gasteiger charge is 2.28. The van der Waals surface area contributed by atoms with E-state index in [4.69, 9.17) is 0 Å². The molecule has 7 nitrogen and oxygen atoms in total. The maximum absolute atomic E-state index is 12.5. The van der Waals surface area contributed by atoms with Gasteiger partial charge in [0.25, 0.3) is 0 Å². The van der Waals surface area contributed by atoms with Crippen LogP contribution in [0.4, 0.5) is 0 Å². The number of aryl methyl sites for hydroxylation is 2. The number of carbonyl (C=O) groups excluding carboxylic acids is 2. The van der Waals surface area contributed by atoms with Crippen LogP contribution in [-0.4, -0.2) is 51.3 Å². The molecule has 0 saturated carbocycles. The third kappa shape index (κ3) is 6.82. The zero-order chi connectivity index (χ0) is 21.4. The van der Waals surface area contributed by atoms with Crippen LogP contribution in [0.3, 0.4) is 0 Å². The lowest BCUT2D eigenvalue weighted by atomic mass is 9.97. The van der Waals surface area contributed by atoms with Crippen LogP contribution in [-0.2, 0) is 19.6 Å². The number of nitrogens with one attached hydrogen (secondary N) is 2. The molecule has 1 saturated heterocycles. The summed E-state index contributed by atoms with van der Waals surface area (Å²) in [5.41, 5.74) is 1.93. The molecular weight excluding hydrogens is 390 g/mol. The summed E-state index contributed by atoms with van der Waals surface area (Å²) >= 11 is 0. The van der Waals surface area contributed by atoms with Crippen LogP contribution >= 0.6 is 0 Å². The van der Waals surface area contributed by atoms with Crippen LogP contribution in [0.15, 0.2) is 23.1 Å². The van der Waals surface area contributed by atoms with Crippen molar-refractivity contribution in [2.75, 3.05) is 26.2 Å². The van der Waals surface area contributed by atoms with Gasteiger partial charge in [-0.1, -0.05) is 19.4 Å². The third-order valence-corrected chi connectivity index (χ3v) is 6.85. The number of hydrogen-bond donors (Lipinski definition) is 2. The van der Waals surface area contributed by atoms with Gasteiger partial charge in [-0.25, -0.2) is 13.1 Å². The molecule has 2 amide bonds. The van der Waals surface area contributed by atoms with E-state index in [-0.39, 0.29) is 35.6 Å². The van der Waals surface area contributed by atoms with Gasteiger partial charge in [0, 0.05) is 32.6 Å². The van der Waals surface area contributed by atoms with Gasteiger partial charge in [-0.2, -0.15) is 0 Å². The van der Waals surface area contributed by atoms with Crippen molar-refractivity contribution in [1.82, 2.24) is 14.9 Å². The van der Waals surface area contributed by atoms with Gasteiger partial charge in [-0.15, -0.1) is 0 Å². The summed E-state index contributed by atoms with van der Waals surface area (Å²) in [5.74, 6) is -0.304. The zero-order valence-electron chi connectivity index (χ0n) is 17.7. The van der Waals surface area contributed by atoms with Crippen LogP contribution in [0.25, 0.3) is 0 Å². The Bertz CT molecular complexity index is 823. The van der Waals surface area contributed by atoms with E-state index in [2.05, 4.69) is 17.0 Å². The van der Waals surface area contributed by atoms with E-state index in [0.717, 1.165) is 36.8 Å². The van der Waals surface area contributed by atoms with Crippen LogP contribution in [0.1, 0.15) is 50.2 Å². The molecular formula is C21H33N3O4S. The predicted octanol–water partition coefficient (Wildman–Crippen LogP) is 2.13. The monoisotopic (exact) mass is 423 g/mol. The van der Waals surface area contributed by atoms with Gasteiger partial charge in [0.15, 0.2) is 0 Å². The third-order valence-electron chi connectivity index (χ3n) is 5.39. The first-order valence-electron chi connectivity index (χ1n) is 10.4. The van der Waals surface area contributed by atoms with Gasteiger partial charge in [0.2, 0.25) is 21.8 Å². The molecule has 0 bridgehead atoms. The minimum absolute atomic E-state index is 0.00592. The van der Waals surface area contributed by atoms with Gasteiger partial charge >= 0.3 is 0 Å². The lowest BCUT2D eigenvalue weighted by molar-refractivity contribution is -0.135. The average molecular weight is 424 g/mol. The highest BCUT2D eigenvalue weighted by molar-refractivity contribution is 7.89. The molecule has 0 aliphatic carbocycles. The first-order chi connectivity index (χ1) is 13.7. The van der Waals surface area contributed by atoms with Crippen LogP contribution in [0.5, 0.6) is 0 Å². The summed E-state index contributed by atoms with van der Waals surface area (Å²) in [6.07, 6.45) is 3.61.